The Morgan fingerprint density at radius 1 is 0.632 bits per heavy atom. The molecule has 0 saturated heterocycles. The van der Waals surface area contributed by atoms with Gasteiger partial charge in [0.25, 0.3) is 0 Å². The van der Waals surface area contributed by atoms with Crippen molar-refractivity contribution in [2.45, 2.75) is 40.5 Å². The summed E-state index contributed by atoms with van der Waals surface area (Å²) in [7, 11) is 2.73. The van der Waals surface area contributed by atoms with Gasteiger partial charge in [0, 0.05) is 73.2 Å². The van der Waals surface area contributed by atoms with E-state index in [0.29, 0.717) is 22.5 Å². The van der Waals surface area contributed by atoms with Gasteiger partial charge in [-0.2, -0.15) is 0 Å². The molecule has 3 rings (SSSR count). The highest BCUT2D eigenvalue weighted by Crippen LogP contribution is 2.34. The fraction of sp³-hybridized carbons (Fsp3) is 0.400. The van der Waals surface area contributed by atoms with Gasteiger partial charge in [-0.3, -0.25) is 0 Å². The molecule has 204 valence electrons. The summed E-state index contributed by atoms with van der Waals surface area (Å²) >= 11 is 0. The van der Waals surface area contributed by atoms with Crippen LogP contribution in [0.2, 0.25) is 0 Å². The number of allylic oxidation sites excluding steroid dienone is 2. The van der Waals surface area contributed by atoms with Crippen molar-refractivity contribution in [3.63, 3.8) is 0 Å². The molecule has 1 aliphatic carbocycles. The number of anilines is 4. The van der Waals surface area contributed by atoms with E-state index in [1.54, 1.807) is 0 Å². The van der Waals surface area contributed by atoms with Crippen molar-refractivity contribution >= 4 is 34.7 Å². The van der Waals surface area contributed by atoms with E-state index < -0.39 is 11.9 Å². The number of nitrogens with one attached hydrogen (secondary N) is 2. The van der Waals surface area contributed by atoms with Gasteiger partial charge in [-0.15, -0.1) is 0 Å². The Morgan fingerprint density at radius 2 is 0.947 bits per heavy atom. The molecule has 0 atom stereocenters. The van der Waals surface area contributed by atoms with Gasteiger partial charge in [-0.1, -0.05) is 0 Å². The molecule has 0 fully saturated rings. The molecular formula is C30H40N4O4. The van der Waals surface area contributed by atoms with Crippen LogP contribution in [0.4, 0.5) is 22.7 Å². The first-order chi connectivity index (χ1) is 18.4. The molecular weight excluding hydrogens is 480 g/mol. The van der Waals surface area contributed by atoms with Crippen molar-refractivity contribution in [2.24, 2.45) is 0 Å². The minimum absolute atomic E-state index is 0.203. The van der Waals surface area contributed by atoms with Crippen LogP contribution in [-0.2, 0) is 19.1 Å². The Hall–Kier alpha value is -3.94. The zero-order valence-corrected chi connectivity index (χ0v) is 23.4. The topological polar surface area (TPSA) is 83.1 Å². The maximum Gasteiger partial charge on any atom is 0.335 e. The number of hydrogen-bond donors (Lipinski definition) is 2. The first-order valence-electron chi connectivity index (χ1n) is 13.2. The van der Waals surface area contributed by atoms with Gasteiger partial charge < -0.3 is 29.9 Å². The molecule has 8 nitrogen and oxygen atoms in total. The SMILES string of the molecule is CCN(CC)c1ccc(NC2=C(C(=O)OC)CC(Nc3ccc(N(CC)CC)cc3)=C(C(=O)OC)C2)cc1. The molecule has 0 spiro atoms. The molecule has 0 unspecified atom stereocenters. The van der Waals surface area contributed by atoms with Crippen LogP contribution in [0.1, 0.15) is 40.5 Å². The summed E-state index contributed by atoms with van der Waals surface area (Å²) in [6, 6.07) is 16.1. The number of ether oxygens (including phenoxy) is 2. The summed E-state index contributed by atoms with van der Waals surface area (Å²) in [6.07, 6.45) is 0.406. The molecule has 2 N–H and O–H groups in total. The lowest BCUT2D eigenvalue weighted by atomic mass is 9.92. The maximum atomic E-state index is 12.8. The van der Waals surface area contributed by atoms with Crippen molar-refractivity contribution < 1.29 is 19.1 Å². The zero-order valence-electron chi connectivity index (χ0n) is 23.4. The molecule has 0 aliphatic heterocycles. The summed E-state index contributed by atoms with van der Waals surface area (Å²) in [5.74, 6) is -0.875. The molecule has 2 aromatic rings. The lowest BCUT2D eigenvalue weighted by molar-refractivity contribution is -0.137. The van der Waals surface area contributed by atoms with Crippen LogP contribution < -0.4 is 20.4 Å². The van der Waals surface area contributed by atoms with Crippen LogP contribution in [0.25, 0.3) is 0 Å². The van der Waals surface area contributed by atoms with E-state index in [9.17, 15) is 9.59 Å². The third-order valence-electron chi connectivity index (χ3n) is 6.88. The van der Waals surface area contributed by atoms with E-state index in [1.807, 2.05) is 48.5 Å². The Labute approximate surface area is 226 Å². The van der Waals surface area contributed by atoms with Gasteiger partial charge in [-0.05, 0) is 76.2 Å². The van der Waals surface area contributed by atoms with Gasteiger partial charge in [0.05, 0.1) is 25.4 Å². The Balaban J connectivity index is 1.90. The third-order valence-corrected chi connectivity index (χ3v) is 6.88. The molecule has 0 amide bonds. The predicted molar refractivity (Wildman–Crippen MR) is 155 cm³/mol. The van der Waals surface area contributed by atoms with Crippen LogP contribution >= 0.6 is 0 Å². The molecule has 1 aliphatic rings. The van der Waals surface area contributed by atoms with Crippen LogP contribution in [0, 0.1) is 0 Å². The van der Waals surface area contributed by atoms with Crippen molar-refractivity contribution in [1.29, 1.82) is 0 Å². The lowest BCUT2D eigenvalue weighted by Gasteiger charge is -2.26. The normalized spacial score (nSPS) is 13.2. The first-order valence-corrected chi connectivity index (χ1v) is 13.2. The van der Waals surface area contributed by atoms with Gasteiger partial charge in [0.15, 0.2) is 0 Å². The number of methoxy groups -OCH3 is 2. The molecule has 0 heterocycles. The standard InChI is InChI=1S/C30H40N4O4/c1-7-33(8-2)23-15-11-21(12-16-23)31-27-19-26(30(36)38-6)28(20-25(27)29(35)37-5)32-22-13-17-24(18-14-22)34(9-3)10-4/h11-18,31-32H,7-10,19-20H2,1-6H3. The molecule has 0 saturated carbocycles. The van der Waals surface area contributed by atoms with Crippen LogP contribution in [0.3, 0.4) is 0 Å². The molecule has 38 heavy (non-hydrogen) atoms. The Morgan fingerprint density at radius 3 is 1.21 bits per heavy atom. The maximum absolute atomic E-state index is 12.8. The second kappa shape index (κ2) is 13.6. The summed E-state index contributed by atoms with van der Waals surface area (Å²) in [4.78, 5) is 30.2. The van der Waals surface area contributed by atoms with Crippen LogP contribution in [-0.4, -0.2) is 52.3 Å². The third kappa shape index (κ3) is 6.68. The van der Waals surface area contributed by atoms with Gasteiger partial charge in [0.2, 0.25) is 0 Å². The van der Waals surface area contributed by atoms with E-state index in [-0.39, 0.29) is 12.8 Å². The smallest absolute Gasteiger partial charge is 0.335 e. The number of rotatable bonds is 12. The molecule has 0 bridgehead atoms. The number of esters is 2. The van der Waals surface area contributed by atoms with Crippen LogP contribution in [0.15, 0.2) is 71.1 Å². The second-order valence-electron chi connectivity index (χ2n) is 8.94. The van der Waals surface area contributed by atoms with Crippen LogP contribution in [0.5, 0.6) is 0 Å². The fourth-order valence-corrected chi connectivity index (χ4v) is 4.69. The van der Waals surface area contributed by atoms with Crippen molar-refractivity contribution in [3.05, 3.63) is 71.1 Å². The number of carbonyl (C=O) groups excluding carboxylic acids is 2. The summed E-state index contributed by atoms with van der Waals surface area (Å²) in [6.45, 7) is 12.2. The largest absolute Gasteiger partial charge is 0.466 e. The highest BCUT2D eigenvalue weighted by molar-refractivity contribution is 5.96. The summed E-state index contributed by atoms with van der Waals surface area (Å²) in [5.41, 5.74) is 6.07. The predicted octanol–water partition coefficient (Wildman–Crippen LogP) is 5.55. The van der Waals surface area contributed by atoms with E-state index in [0.717, 1.165) is 48.9 Å². The Kier molecular flexibility index (Phi) is 10.2. The molecule has 8 heteroatoms. The number of benzene rings is 2. The van der Waals surface area contributed by atoms with Crippen molar-refractivity contribution in [1.82, 2.24) is 0 Å². The number of hydrogen-bond acceptors (Lipinski definition) is 8. The fourth-order valence-electron chi connectivity index (χ4n) is 4.69. The summed E-state index contributed by atoms with van der Waals surface area (Å²) < 4.78 is 10.2. The average molecular weight is 521 g/mol. The number of nitrogens with zero attached hydrogens (tertiary/aromatic N) is 2. The first kappa shape index (κ1) is 28.6. The lowest BCUT2D eigenvalue weighted by Crippen LogP contribution is -2.24. The van der Waals surface area contributed by atoms with Gasteiger partial charge in [-0.25, -0.2) is 9.59 Å². The molecule has 2 aromatic carbocycles. The zero-order chi connectivity index (χ0) is 27.7. The second-order valence-corrected chi connectivity index (χ2v) is 8.94. The Bertz CT molecular complexity index is 1070. The molecule has 0 radical (unpaired) electrons. The summed E-state index contributed by atoms with van der Waals surface area (Å²) in [5, 5.41) is 6.72. The van der Waals surface area contributed by atoms with Crippen molar-refractivity contribution in [2.75, 3.05) is 60.8 Å². The monoisotopic (exact) mass is 520 g/mol. The quantitative estimate of drug-likeness (QED) is 0.353. The highest BCUT2D eigenvalue weighted by Gasteiger charge is 2.30. The van der Waals surface area contributed by atoms with Crippen molar-refractivity contribution in [3.8, 4) is 0 Å². The van der Waals surface area contributed by atoms with E-state index in [1.165, 1.54) is 14.2 Å². The minimum Gasteiger partial charge on any atom is -0.466 e. The minimum atomic E-state index is -0.438. The number of carbonyl (C=O) groups is 2. The van der Waals surface area contributed by atoms with Gasteiger partial charge in [0.1, 0.15) is 0 Å². The van der Waals surface area contributed by atoms with E-state index >= 15 is 0 Å². The average Bonchev–Trinajstić information content (AvgIpc) is 2.95. The highest BCUT2D eigenvalue weighted by atomic mass is 16.5. The van der Waals surface area contributed by atoms with Gasteiger partial charge >= 0.3 is 11.9 Å². The molecule has 0 aromatic heterocycles. The van der Waals surface area contributed by atoms with E-state index in [4.69, 9.17) is 9.47 Å². The van der Waals surface area contributed by atoms with E-state index in [2.05, 4.69) is 48.1 Å².